The molecule has 0 saturated carbocycles. The normalized spacial score (nSPS) is 13.2. The minimum Gasteiger partial charge on any atom is -0.357 e. The molecule has 1 aliphatic rings. The highest BCUT2D eigenvalue weighted by Gasteiger charge is 2.01. The van der Waals surface area contributed by atoms with Gasteiger partial charge in [0.15, 0.2) is 0 Å². The summed E-state index contributed by atoms with van der Waals surface area (Å²) in [5.74, 6) is 0. The topological polar surface area (TPSA) is 49.8 Å². The van der Waals surface area contributed by atoms with Crippen LogP contribution in [0.1, 0.15) is 0 Å². The molecule has 0 bridgehead atoms. The molecule has 0 radical (unpaired) electrons. The lowest BCUT2D eigenvalue weighted by molar-refractivity contribution is 1.03. The zero-order valence-corrected chi connectivity index (χ0v) is 5.20. The van der Waals surface area contributed by atoms with Crippen molar-refractivity contribution in [2.24, 2.45) is 0 Å². The number of fused-ring (bicyclic) bond motifs is 1. The van der Waals surface area contributed by atoms with Crippen LogP contribution in [0.5, 0.6) is 0 Å². The summed E-state index contributed by atoms with van der Waals surface area (Å²) >= 11 is 0. The third kappa shape index (κ3) is 0.699. The predicted molar refractivity (Wildman–Crippen MR) is 38.4 cm³/mol. The van der Waals surface area contributed by atoms with Crippen molar-refractivity contribution in [3.8, 4) is 0 Å². The average molecular weight is 134 g/mol. The number of nitrogens with zero attached hydrogens (tertiary/aromatic N) is 2. The second-order valence-corrected chi connectivity index (χ2v) is 1.94. The van der Waals surface area contributed by atoms with Gasteiger partial charge in [0.1, 0.15) is 0 Å². The molecule has 0 spiro atoms. The van der Waals surface area contributed by atoms with Crippen molar-refractivity contribution in [2.45, 2.75) is 0 Å². The summed E-state index contributed by atoms with van der Waals surface area (Å²) in [5, 5.41) is 13.5. The van der Waals surface area contributed by atoms with Crippen molar-refractivity contribution < 1.29 is 0 Å². The van der Waals surface area contributed by atoms with Gasteiger partial charge in [-0.1, -0.05) is 0 Å². The van der Waals surface area contributed by atoms with Crippen LogP contribution in [0.15, 0.2) is 24.8 Å². The molecular weight excluding hydrogens is 128 g/mol. The average Bonchev–Trinajstić information content (AvgIpc) is 2.05. The van der Waals surface area contributed by atoms with Crippen LogP contribution < -0.4 is 10.6 Å². The molecule has 2 N–H and O–H groups in total. The number of nitrogens with one attached hydrogen (secondary N) is 2. The van der Waals surface area contributed by atoms with Crippen molar-refractivity contribution in [2.75, 3.05) is 10.6 Å². The van der Waals surface area contributed by atoms with Crippen LogP contribution in [-0.4, -0.2) is 10.2 Å². The number of hydrogen-bond donors (Lipinski definition) is 2. The van der Waals surface area contributed by atoms with E-state index in [9.17, 15) is 0 Å². The Bertz CT molecular complexity index is 241. The number of aromatic nitrogens is 2. The molecule has 2 rings (SSSR count). The number of hydrogen-bond acceptors (Lipinski definition) is 4. The molecule has 0 unspecified atom stereocenters. The van der Waals surface area contributed by atoms with Gasteiger partial charge in [-0.2, -0.15) is 10.2 Å². The summed E-state index contributed by atoms with van der Waals surface area (Å²) in [5.41, 5.74) is 1.91. The lowest BCUT2D eigenvalue weighted by atomic mass is 10.3. The first-order valence-electron chi connectivity index (χ1n) is 2.95. The monoisotopic (exact) mass is 134 g/mol. The Labute approximate surface area is 58.0 Å². The molecule has 0 fully saturated rings. The third-order valence-corrected chi connectivity index (χ3v) is 1.29. The van der Waals surface area contributed by atoms with Crippen LogP contribution in [0.2, 0.25) is 0 Å². The van der Waals surface area contributed by atoms with Gasteiger partial charge in [-0.25, -0.2) is 0 Å². The molecule has 4 nitrogen and oxygen atoms in total. The highest BCUT2D eigenvalue weighted by atomic mass is 15.1. The lowest BCUT2D eigenvalue weighted by Crippen LogP contribution is -2.03. The van der Waals surface area contributed by atoms with Gasteiger partial charge >= 0.3 is 0 Å². The minimum absolute atomic E-state index is 0.956. The first kappa shape index (κ1) is 5.22. The zero-order valence-electron chi connectivity index (χ0n) is 5.20. The van der Waals surface area contributed by atoms with Crippen molar-refractivity contribution in [1.82, 2.24) is 10.2 Å². The van der Waals surface area contributed by atoms with Gasteiger partial charge in [0.25, 0.3) is 0 Å². The Hall–Kier alpha value is -1.58. The third-order valence-electron chi connectivity index (χ3n) is 1.29. The van der Waals surface area contributed by atoms with E-state index in [-0.39, 0.29) is 0 Å². The minimum atomic E-state index is 0.956. The Morgan fingerprint density at radius 1 is 0.900 bits per heavy atom. The van der Waals surface area contributed by atoms with Gasteiger partial charge in [-0.15, -0.1) is 0 Å². The molecule has 2 heterocycles. The zero-order chi connectivity index (χ0) is 6.81. The molecule has 10 heavy (non-hydrogen) atoms. The van der Waals surface area contributed by atoms with E-state index in [4.69, 9.17) is 0 Å². The molecule has 1 aromatic heterocycles. The smallest absolute Gasteiger partial charge is 0.0840 e. The van der Waals surface area contributed by atoms with E-state index in [1.807, 2.05) is 12.4 Å². The standard InChI is InChI=1S/C6H6N4/c1-2-8-6-4-10-9-3-5(6)7-1/h1-4,7-8H. The molecule has 0 atom stereocenters. The molecular formula is C6H6N4. The second-order valence-electron chi connectivity index (χ2n) is 1.94. The molecule has 0 aromatic carbocycles. The van der Waals surface area contributed by atoms with Crippen LogP contribution in [0.3, 0.4) is 0 Å². The Balaban J connectivity index is 2.47. The maximum absolute atomic E-state index is 3.71. The van der Waals surface area contributed by atoms with Crippen molar-refractivity contribution in [1.29, 1.82) is 0 Å². The van der Waals surface area contributed by atoms with Gasteiger partial charge in [0.2, 0.25) is 0 Å². The molecule has 1 aliphatic heterocycles. The largest absolute Gasteiger partial charge is 0.357 e. The van der Waals surface area contributed by atoms with Crippen molar-refractivity contribution in [3.05, 3.63) is 24.8 Å². The van der Waals surface area contributed by atoms with E-state index in [1.165, 1.54) is 0 Å². The fraction of sp³-hybridized carbons (Fsp3) is 0. The Morgan fingerprint density at radius 2 is 1.40 bits per heavy atom. The predicted octanol–water partition coefficient (Wildman–Crippen LogP) is 0.785. The Morgan fingerprint density at radius 3 is 1.90 bits per heavy atom. The molecule has 4 heteroatoms. The maximum Gasteiger partial charge on any atom is 0.0840 e. The van der Waals surface area contributed by atoms with E-state index in [2.05, 4.69) is 20.8 Å². The summed E-state index contributed by atoms with van der Waals surface area (Å²) in [6, 6.07) is 0. The molecule has 50 valence electrons. The molecule has 1 aromatic rings. The maximum atomic E-state index is 3.71. The lowest BCUT2D eigenvalue weighted by Gasteiger charge is -2.11. The van der Waals surface area contributed by atoms with Crippen LogP contribution in [0.4, 0.5) is 11.4 Å². The molecule has 0 amide bonds. The summed E-state index contributed by atoms with van der Waals surface area (Å²) in [7, 11) is 0. The highest BCUT2D eigenvalue weighted by Crippen LogP contribution is 2.20. The summed E-state index contributed by atoms with van der Waals surface area (Å²) in [4.78, 5) is 0. The second kappa shape index (κ2) is 1.98. The van der Waals surface area contributed by atoms with E-state index < -0.39 is 0 Å². The van der Waals surface area contributed by atoms with Crippen LogP contribution in [0, 0.1) is 0 Å². The number of rotatable bonds is 0. The first-order chi connectivity index (χ1) is 4.97. The quantitative estimate of drug-likeness (QED) is 0.550. The SMILES string of the molecule is C1=CNc2cnncc2N1. The van der Waals surface area contributed by atoms with Gasteiger partial charge < -0.3 is 10.6 Å². The number of anilines is 2. The van der Waals surface area contributed by atoms with Gasteiger partial charge in [0, 0.05) is 12.4 Å². The Kier molecular flexibility index (Phi) is 1.04. The van der Waals surface area contributed by atoms with Gasteiger partial charge in [-0.05, 0) is 0 Å². The molecule has 0 saturated heterocycles. The van der Waals surface area contributed by atoms with E-state index >= 15 is 0 Å². The van der Waals surface area contributed by atoms with Crippen LogP contribution >= 0.6 is 0 Å². The van der Waals surface area contributed by atoms with Crippen molar-refractivity contribution >= 4 is 11.4 Å². The van der Waals surface area contributed by atoms with Crippen LogP contribution in [0.25, 0.3) is 0 Å². The fourth-order valence-electron chi connectivity index (χ4n) is 0.814. The van der Waals surface area contributed by atoms with Gasteiger partial charge in [-0.3, -0.25) is 0 Å². The van der Waals surface area contributed by atoms with E-state index in [1.54, 1.807) is 12.4 Å². The van der Waals surface area contributed by atoms with E-state index in [0.717, 1.165) is 11.4 Å². The first-order valence-corrected chi connectivity index (χ1v) is 2.95. The van der Waals surface area contributed by atoms with Crippen LogP contribution in [-0.2, 0) is 0 Å². The summed E-state index contributed by atoms with van der Waals surface area (Å²) < 4.78 is 0. The molecule has 0 aliphatic carbocycles. The van der Waals surface area contributed by atoms with Gasteiger partial charge in [0.05, 0.1) is 23.8 Å². The summed E-state index contributed by atoms with van der Waals surface area (Å²) in [6.45, 7) is 0. The summed E-state index contributed by atoms with van der Waals surface area (Å²) in [6.07, 6.45) is 6.96. The van der Waals surface area contributed by atoms with E-state index in [0.29, 0.717) is 0 Å². The fourth-order valence-corrected chi connectivity index (χ4v) is 0.814. The highest BCUT2D eigenvalue weighted by molar-refractivity contribution is 5.70. The van der Waals surface area contributed by atoms with Crippen molar-refractivity contribution in [3.63, 3.8) is 0 Å².